The summed E-state index contributed by atoms with van der Waals surface area (Å²) in [5, 5.41) is 0. The second kappa shape index (κ2) is 6.22. The van der Waals surface area contributed by atoms with Gasteiger partial charge in [0.2, 0.25) is 0 Å². The Labute approximate surface area is 123 Å². The fourth-order valence-electron chi connectivity index (χ4n) is 2.05. The molecule has 0 saturated carbocycles. The lowest BCUT2D eigenvalue weighted by Gasteiger charge is -2.21. The molecule has 0 aliphatic rings. The van der Waals surface area contributed by atoms with Crippen LogP contribution in [0.3, 0.4) is 0 Å². The zero-order valence-corrected chi connectivity index (χ0v) is 12.9. The van der Waals surface area contributed by atoms with Crippen LogP contribution in [0.25, 0.3) is 0 Å². The molecule has 0 saturated heterocycles. The Bertz CT molecular complexity index is 549. The molecule has 0 spiro atoms. The normalized spacial score (nSPS) is 10.5. The lowest BCUT2D eigenvalue weighted by atomic mass is 10.1. The van der Waals surface area contributed by atoms with E-state index in [4.69, 9.17) is 5.73 Å². The van der Waals surface area contributed by atoms with Gasteiger partial charge in [-0.25, -0.2) is 0 Å². The highest BCUT2D eigenvalue weighted by atomic mass is 79.9. The second-order valence-electron chi connectivity index (χ2n) is 4.72. The molecule has 2 nitrogen and oxygen atoms in total. The van der Waals surface area contributed by atoms with Crippen LogP contribution in [0.15, 0.2) is 46.9 Å². The Hall–Kier alpha value is -1.32. The van der Waals surface area contributed by atoms with Crippen LogP contribution in [0.5, 0.6) is 0 Å². The van der Waals surface area contributed by atoms with Gasteiger partial charge < -0.3 is 10.6 Å². The molecule has 0 aliphatic heterocycles. The van der Waals surface area contributed by atoms with Crippen molar-refractivity contribution in [2.75, 3.05) is 18.5 Å². The van der Waals surface area contributed by atoms with E-state index in [0.29, 0.717) is 6.54 Å². The second-order valence-corrected chi connectivity index (χ2v) is 5.57. The van der Waals surface area contributed by atoms with E-state index in [1.807, 2.05) is 0 Å². The molecule has 0 atom stereocenters. The molecule has 0 unspecified atom stereocenters. The smallest absolute Gasteiger partial charge is 0.0552 e. The zero-order valence-electron chi connectivity index (χ0n) is 11.4. The standard InChI is InChI=1S/C16H19BrN2/c1-12-3-6-14(7-4-12)19(2)16-8-5-13(9-10-18)11-15(16)17/h3-8,11H,9-10,18H2,1-2H3. The summed E-state index contributed by atoms with van der Waals surface area (Å²) in [5.74, 6) is 0. The minimum Gasteiger partial charge on any atom is -0.344 e. The molecule has 2 aromatic carbocycles. The lowest BCUT2D eigenvalue weighted by molar-refractivity contribution is 0.967. The van der Waals surface area contributed by atoms with Gasteiger partial charge in [-0.05, 0) is 65.6 Å². The molecular formula is C16H19BrN2. The monoisotopic (exact) mass is 318 g/mol. The van der Waals surface area contributed by atoms with Crippen molar-refractivity contribution in [3.8, 4) is 0 Å². The maximum absolute atomic E-state index is 5.59. The fourth-order valence-corrected chi connectivity index (χ4v) is 2.74. The molecule has 2 rings (SSSR count). The largest absolute Gasteiger partial charge is 0.344 e. The lowest BCUT2D eigenvalue weighted by Crippen LogP contribution is -2.10. The average Bonchev–Trinajstić information content (AvgIpc) is 2.39. The highest BCUT2D eigenvalue weighted by molar-refractivity contribution is 9.10. The predicted molar refractivity (Wildman–Crippen MR) is 86.1 cm³/mol. The number of anilines is 2. The molecule has 0 radical (unpaired) electrons. The summed E-state index contributed by atoms with van der Waals surface area (Å²) < 4.78 is 1.10. The molecular weight excluding hydrogens is 300 g/mol. The van der Waals surface area contributed by atoms with Crippen molar-refractivity contribution < 1.29 is 0 Å². The number of benzene rings is 2. The number of halogens is 1. The van der Waals surface area contributed by atoms with Crippen LogP contribution in [-0.2, 0) is 6.42 Å². The van der Waals surface area contributed by atoms with Gasteiger partial charge in [-0.15, -0.1) is 0 Å². The number of hydrogen-bond donors (Lipinski definition) is 1. The van der Waals surface area contributed by atoms with Crippen LogP contribution in [-0.4, -0.2) is 13.6 Å². The Kier molecular flexibility index (Phi) is 4.61. The summed E-state index contributed by atoms with van der Waals surface area (Å²) in [4.78, 5) is 2.18. The van der Waals surface area contributed by atoms with Crippen LogP contribution in [0.2, 0.25) is 0 Å². The third-order valence-electron chi connectivity index (χ3n) is 3.23. The first-order valence-electron chi connectivity index (χ1n) is 6.40. The fraction of sp³-hybridized carbons (Fsp3) is 0.250. The van der Waals surface area contributed by atoms with Crippen LogP contribution >= 0.6 is 15.9 Å². The summed E-state index contributed by atoms with van der Waals surface area (Å²) >= 11 is 3.65. The van der Waals surface area contributed by atoms with Gasteiger partial charge in [0.25, 0.3) is 0 Å². The Balaban J connectivity index is 2.28. The van der Waals surface area contributed by atoms with E-state index >= 15 is 0 Å². The number of hydrogen-bond acceptors (Lipinski definition) is 2. The van der Waals surface area contributed by atoms with Crippen LogP contribution in [0.1, 0.15) is 11.1 Å². The minimum absolute atomic E-state index is 0.680. The van der Waals surface area contributed by atoms with E-state index in [1.165, 1.54) is 16.8 Å². The highest BCUT2D eigenvalue weighted by Crippen LogP contribution is 2.31. The third kappa shape index (κ3) is 3.37. The van der Waals surface area contributed by atoms with Crippen LogP contribution in [0.4, 0.5) is 11.4 Å². The van der Waals surface area contributed by atoms with Gasteiger partial charge in [0.05, 0.1) is 5.69 Å². The van der Waals surface area contributed by atoms with E-state index in [0.717, 1.165) is 16.6 Å². The number of rotatable bonds is 4. The molecule has 19 heavy (non-hydrogen) atoms. The SMILES string of the molecule is Cc1ccc(N(C)c2ccc(CCN)cc2Br)cc1. The van der Waals surface area contributed by atoms with E-state index in [9.17, 15) is 0 Å². The van der Waals surface area contributed by atoms with Gasteiger partial charge in [0.1, 0.15) is 0 Å². The molecule has 0 aliphatic carbocycles. The van der Waals surface area contributed by atoms with Crippen LogP contribution < -0.4 is 10.6 Å². The summed E-state index contributed by atoms with van der Waals surface area (Å²) in [5.41, 5.74) is 10.5. The first kappa shape index (κ1) is 14.1. The van der Waals surface area contributed by atoms with Gasteiger partial charge in [-0.1, -0.05) is 23.8 Å². The van der Waals surface area contributed by atoms with Gasteiger partial charge in [-0.3, -0.25) is 0 Å². The maximum atomic E-state index is 5.59. The number of nitrogens with two attached hydrogens (primary N) is 1. The summed E-state index contributed by atoms with van der Waals surface area (Å²) in [6, 6.07) is 14.9. The maximum Gasteiger partial charge on any atom is 0.0552 e. The van der Waals surface area contributed by atoms with E-state index in [-0.39, 0.29) is 0 Å². The third-order valence-corrected chi connectivity index (χ3v) is 3.86. The highest BCUT2D eigenvalue weighted by Gasteiger charge is 2.08. The van der Waals surface area contributed by atoms with Crippen LogP contribution in [0, 0.1) is 6.92 Å². The van der Waals surface area contributed by atoms with Crippen molar-refractivity contribution in [1.29, 1.82) is 0 Å². The number of aryl methyl sites for hydroxylation is 1. The Morgan fingerprint density at radius 1 is 1.11 bits per heavy atom. The van der Waals surface area contributed by atoms with E-state index < -0.39 is 0 Å². The zero-order chi connectivity index (χ0) is 13.8. The van der Waals surface area contributed by atoms with Gasteiger partial charge in [-0.2, -0.15) is 0 Å². The average molecular weight is 319 g/mol. The van der Waals surface area contributed by atoms with E-state index in [1.54, 1.807) is 0 Å². The summed E-state index contributed by atoms with van der Waals surface area (Å²) in [6.07, 6.45) is 0.910. The molecule has 2 aromatic rings. The van der Waals surface area contributed by atoms with Crippen molar-refractivity contribution in [3.05, 3.63) is 58.1 Å². The van der Waals surface area contributed by atoms with E-state index in [2.05, 4.69) is 77.3 Å². The van der Waals surface area contributed by atoms with Crippen molar-refractivity contribution in [2.24, 2.45) is 5.73 Å². The first-order chi connectivity index (χ1) is 9.11. The van der Waals surface area contributed by atoms with Gasteiger partial charge in [0, 0.05) is 17.2 Å². The number of nitrogens with zero attached hydrogens (tertiary/aromatic N) is 1. The Morgan fingerprint density at radius 3 is 2.37 bits per heavy atom. The minimum atomic E-state index is 0.680. The first-order valence-corrected chi connectivity index (χ1v) is 7.20. The molecule has 3 heteroatoms. The molecule has 0 aromatic heterocycles. The summed E-state index contributed by atoms with van der Waals surface area (Å²) in [6.45, 7) is 2.78. The van der Waals surface area contributed by atoms with Crippen molar-refractivity contribution >= 4 is 27.3 Å². The molecule has 2 N–H and O–H groups in total. The quantitative estimate of drug-likeness (QED) is 0.922. The topological polar surface area (TPSA) is 29.3 Å². The van der Waals surface area contributed by atoms with Crippen molar-refractivity contribution in [3.63, 3.8) is 0 Å². The predicted octanol–water partition coefficient (Wildman–Crippen LogP) is 4.03. The molecule has 0 fully saturated rings. The van der Waals surface area contributed by atoms with Crippen molar-refractivity contribution in [1.82, 2.24) is 0 Å². The van der Waals surface area contributed by atoms with Gasteiger partial charge >= 0.3 is 0 Å². The van der Waals surface area contributed by atoms with Crippen molar-refractivity contribution in [2.45, 2.75) is 13.3 Å². The summed E-state index contributed by atoms with van der Waals surface area (Å²) in [7, 11) is 2.08. The molecule has 100 valence electrons. The molecule has 0 amide bonds. The van der Waals surface area contributed by atoms with Gasteiger partial charge in [0.15, 0.2) is 0 Å². The molecule has 0 heterocycles. The Morgan fingerprint density at radius 2 is 1.79 bits per heavy atom. The molecule has 0 bridgehead atoms.